The van der Waals surface area contributed by atoms with E-state index < -0.39 is 0 Å². The number of halogens is 1. The molecule has 0 fully saturated rings. The Hall–Kier alpha value is -0.590. The van der Waals surface area contributed by atoms with Crippen LogP contribution in [-0.4, -0.2) is 0 Å². The monoisotopic (exact) mass is 114 g/mol. The van der Waals surface area contributed by atoms with Gasteiger partial charge in [-0.2, -0.15) is 0 Å². The van der Waals surface area contributed by atoms with Gasteiger partial charge in [0.05, 0.1) is 0 Å². The Kier molecular flexibility index (Phi) is 3.16. The summed E-state index contributed by atoms with van der Waals surface area (Å²) in [6.45, 7) is 5.25. The Bertz CT molecular complexity index is 104. The summed E-state index contributed by atoms with van der Waals surface area (Å²) in [5.74, 6) is -0.132. The van der Waals surface area contributed by atoms with Crippen LogP contribution in [0, 0.1) is 0 Å². The second-order valence-corrected chi connectivity index (χ2v) is 1.61. The molecular weight excluding hydrogens is 103 g/mol. The lowest BCUT2D eigenvalue weighted by Gasteiger charge is -1.90. The molecule has 0 saturated heterocycles. The molecule has 0 heterocycles. The molecule has 0 N–H and O–H groups in total. The molecule has 46 valence electrons. The first-order chi connectivity index (χ1) is 3.72. The summed E-state index contributed by atoms with van der Waals surface area (Å²) in [6.07, 6.45) is 3.20. The van der Waals surface area contributed by atoms with Gasteiger partial charge in [-0.25, -0.2) is 4.39 Å². The molecule has 8 heavy (non-hydrogen) atoms. The topological polar surface area (TPSA) is 0 Å². The van der Waals surface area contributed by atoms with Crippen LogP contribution in [0.4, 0.5) is 4.39 Å². The normalized spacial score (nSPS) is 14.5. The van der Waals surface area contributed by atoms with Gasteiger partial charge in [0, 0.05) is 0 Å². The van der Waals surface area contributed by atoms with Crippen LogP contribution in [0.15, 0.2) is 23.6 Å². The van der Waals surface area contributed by atoms with Crippen LogP contribution in [0.25, 0.3) is 0 Å². The highest BCUT2D eigenvalue weighted by atomic mass is 19.1. The largest absolute Gasteiger partial charge is 0.207 e. The molecule has 0 nitrogen and oxygen atoms in total. The molecule has 0 aromatic heterocycles. The summed E-state index contributed by atoms with van der Waals surface area (Å²) < 4.78 is 12.3. The van der Waals surface area contributed by atoms with E-state index in [1.807, 2.05) is 6.92 Å². The molecule has 0 saturated carbocycles. The number of hydrogen-bond donors (Lipinski definition) is 0. The maximum absolute atomic E-state index is 12.3. The van der Waals surface area contributed by atoms with Crippen molar-refractivity contribution < 1.29 is 4.39 Å². The third-order valence-corrected chi connectivity index (χ3v) is 1.06. The Morgan fingerprint density at radius 3 is 1.88 bits per heavy atom. The first-order valence-corrected chi connectivity index (χ1v) is 2.67. The van der Waals surface area contributed by atoms with E-state index in [2.05, 4.69) is 0 Å². The van der Waals surface area contributed by atoms with Crippen LogP contribution < -0.4 is 0 Å². The molecular formula is C7H11F. The minimum atomic E-state index is -0.132. The van der Waals surface area contributed by atoms with E-state index in [9.17, 15) is 4.39 Å². The quantitative estimate of drug-likeness (QED) is 0.460. The molecule has 0 bridgehead atoms. The van der Waals surface area contributed by atoms with E-state index in [0.29, 0.717) is 5.57 Å². The van der Waals surface area contributed by atoms with E-state index >= 15 is 0 Å². The van der Waals surface area contributed by atoms with Crippen molar-refractivity contribution in [2.24, 2.45) is 0 Å². The smallest absolute Gasteiger partial charge is 0.121 e. The fourth-order valence-electron chi connectivity index (χ4n) is 0.366. The zero-order chi connectivity index (χ0) is 6.57. The Balaban J connectivity index is 4.04. The molecule has 1 heteroatoms. The van der Waals surface area contributed by atoms with E-state index in [1.165, 1.54) is 6.08 Å². The van der Waals surface area contributed by atoms with Crippen LogP contribution in [0.1, 0.15) is 20.8 Å². The summed E-state index contributed by atoms with van der Waals surface area (Å²) in [7, 11) is 0. The predicted octanol–water partition coefficient (Wildman–Crippen LogP) is 2.83. The number of allylic oxidation sites excluding steroid dienone is 4. The van der Waals surface area contributed by atoms with Crippen molar-refractivity contribution in [3.05, 3.63) is 23.6 Å². The first-order valence-electron chi connectivity index (χ1n) is 2.67. The third-order valence-electron chi connectivity index (χ3n) is 1.06. The van der Waals surface area contributed by atoms with Crippen molar-refractivity contribution in [1.29, 1.82) is 0 Å². The van der Waals surface area contributed by atoms with Gasteiger partial charge in [0.1, 0.15) is 5.83 Å². The van der Waals surface area contributed by atoms with Gasteiger partial charge in [0.25, 0.3) is 0 Å². The van der Waals surface area contributed by atoms with Gasteiger partial charge >= 0.3 is 0 Å². The molecule has 0 aliphatic rings. The Morgan fingerprint density at radius 1 is 1.25 bits per heavy atom. The van der Waals surface area contributed by atoms with E-state index in [1.54, 1.807) is 19.9 Å². The van der Waals surface area contributed by atoms with Gasteiger partial charge in [-0.1, -0.05) is 12.2 Å². The second kappa shape index (κ2) is 3.42. The molecule has 0 spiro atoms. The van der Waals surface area contributed by atoms with Crippen molar-refractivity contribution in [1.82, 2.24) is 0 Å². The zero-order valence-electron chi connectivity index (χ0n) is 5.53. The molecule has 0 atom stereocenters. The van der Waals surface area contributed by atoms with Crippen molar-refractivity contribution in [3.8, 4) is 0 Å². The third kappa shape index (κ3) is 1.92. The lowest BCUT2D eigenvalue weighted by Crippen LogP contribution is -1.72. The van der Waals surface area contributed by atoms with Crippen LogP contribution in [0.2, 0.25) is 0 Å². The highest BCUT2D eigenvalue weighted by Crippen LogP contribution is 2.08. The maximum atomic E-state index is 12.3. The average molecular weight is 114 g/mol. The highest BCUT2D eigenvalue weighted by Gasteiger charge is 1.90. The SMILES string of the molecule is CC=C(C)C(F)=CC. The fraction of sp³-hybridized carbons (Fsp3) is 0.429. The summed E-state index contributed by atoms with van der Waals surface area (Å²) in [5.41, 5.74) is 0.701. The minimum absolute atomic E-state index is 0.132. The average Bonchev–Trinajstić information content (AvgIpc) is 1.84. The van der Waals surface area contributed by atoms with E-state index in [0.717, 1.165) is 0 Å². The van der Waals surface area contributed by atoms with Crippen molar-refractivity contribution in [2.75, 3.05) is 0 Å². The van der Waals surface area contributed by atoms with Gasteiger partial charge in [-0.15, -0.1) is 0 Å². The molecule has 0 amide bonds. The van der Waals surface area contributed by atoms with E-state index in [4.69, 9.17) is 0 Å². The van der Waals surface area contributed by atoms with Gasteiger partial charge in [0.15, 0.2) is 0 Å². The van der Waals surface area contributed by atoms with Crippen molar-refractivity contribution in [3.63, 3.8) is 0 Å². The van der Waals surface area contributed by atoms with Gasteiger partial charge in [0.2, 0.25) is 0 Å². The van der Waals surface area contributed by atoms with Gasteiger partial charge < -0.3 is 0 Å². The van der Waals surface area contributed by atoms with Crippen LogP contribution in [-0.2, 0) is 0 Å². The van der Waals surface area contributed by atoms with Crippen molar-refractivity contribution in [2.45, 2.75) is 20.8 Å². The fourth-order valence-corrected chi connectivity index (χ4v) is 0.366. The zero-order valence-corrected chi connectivity index (χ0v) is 5.53. The molecule has 0 aromatic carbocycles. The van der Waals surface area contributed by atoms with Gasteiger partial charge in [-0.05, 0) is 26.3 Å². The summed E-state index contributed by atoms with van der Waals surface area (Å²) >= 11 is 0. The first kappa shape index (κ1) is 7.41. The molecule has 0 aromatic rings. The molecule has 0 unspecified atom stereocenters. The Morgan fingerprint density at radius 2 is 1.75 bits per heavy atom. The lowest BCUT2D eigenvalue weighted by atomic mass is 10.2. The molecule has 0 aliphatic heterocycles. The van der Waals surface area contributed by atoms with E-state index in [-0.39, 0.29) is 5.83 Å². The molecule has 0 rings (SSSR count). The lowest BCUT2D eigenvalue weighted by molar-refractivity contribution is 0.649. The number of rotatable bonds is 1. The maximum Gasteiger partial charge on any atom is 0.121 e. The van der Waals surface area contributed by atoms with Crippen LogP contribution in [0.5, 0.6) is 0 Å². The summed E-state index contributed by atoms with van der Waals surface area (Å²) in [6, 6.07) is 0. The second-order valence-electron chi connectivity index (χ2n) is 1.61. The standard InChI is InChI=1S/C7H11F/c1-4-6(3)7(8)5-2/h4-5H,1-3H3. The van der Waals surface area contributed by atoms with Crippen LogP contribution in [0.3, 0.4) is 0 Å². The minimum Gasteiger partial charge on any atom is -0.207 e. The molecule has 0 aliphatic carbocycles. The highest BCUT2D eigenvalue weighted by molar-refractivity contribution is 5.20. The van der Waals surface area contributed by atoms with Crippen LogP contribution >= 0.6 is 0 Å². The van der Waals surface area contributed by atoms with Gasteiger partial charge in [-0.3, -0.25) is 0 Å². The summed E-state index contributed by atoms with van der Waals surface area (Å²) in [5, 5.41) is 0. The predicted molar refractivity (Wildman–Crippen MR) is 34.3 cm³/mol. The van der Waals surface area contributed by atoms with Crippen molar-refractivity contribution >= 4 is 0 Å². The number of hydrogen-bond acceptors (Lipinski definition) is 0. The summed E-state index contributed by atoms with van der Waals surface area (Å²) in [4.78, 5) is 0. The Labute approximate surface area is 49.7 Å². The molecule has 0 radical (unpaired) electrons.